The lowest BCUT2D eigenvalue weighted by Crippen LogP contribution is -2.06. The van der Waals surface area contributed by atoms with Gasteiger partial charge < -0.3 is 10.1 Å². The molecule has 5 heteroatoms. The van der Waals surface area contributed by atoms with E-state index < -0.39 is 0 Å². The maximum Gasteiger partial charge on any atom is 0.225 e. The van der Waals surface area contributed by atoms with Crippen LogP contribution in [0.15, 0.2) is 12.3 Å². The summed E-state index contributed by atoms with van der Waals surface area (Å²) in [4.78, 5) is 8.50. The first-order valence-corrected chi connectivity index (χ1v) is 8.45. The van der Waals surface area contributed by atoms with E-state index in [1.54, 1.807) is 12.3 Å². The van der Waals surface area contributed by atoms with Crippen LogP contribution in [0.3, 0.4) is 0 Å². The number of hydrogen-bond donors (Lipinski definition) is 1. The highest BCUT2D eigenvalue weighted by molar-refractivity contribution is 7.98. The minimum atomic E-state index is 0.652. The molecule has 1 N–H and O–H groups in total. The fourth-order valence-electron chi connectivity index (χ4n) is 1.64. The van der Waals surface area contributed by atoms with Crippen LogP contribution >= 0.6 is 11.8 Å². The number of aromatic nitrogens is 2. The Morgan fingerprint density at radius 3 is 2.89 bits per heavy atom. The number of nitrogens with zero attached hydrogens (tertiary/aromatic N) is 2. The number of ether oxygens (including phenoxy) is 1. The summed E-state index contributed by atoms with van der Waals surface area (Å²) in [6, 6.07) is 1.79. The summed E-state index contributed by atoms with van der Waals surface area (Å²) in [5, 5.41) is 3.24. The van der Waals surface area contributed by atoms with Gasteiger partial charge in [-0.15, -0.1) is 0 Å². The molecule has 0 aliphatic rings. The highest BCUT2D eigenvalue weighted by Crippen LogP contribution is 2.09. The number of nitrogens with one attached hydrogen (secondary N) is 1. The molecule has 4 nitrogen and oxygen atoms in total. The van der Waals surface area contributed by atoms with Gasteiger partial charge >= 0.3 is 0 Å². The molecule has 1 heterocycles. The number of thioether (sulfide) groups is 1. The zero-order chi connectivity index (χ0) is 13.8. The molecule has 108 valence electrons. The van der Waals surface area contributed by atoms with Crippen LogP contribution in [0.2, 0.25) is 0 Å². The Morgan fingerprint density at radius 1 is 1.26 bits per heavy atom. The van der Waals surface area contributed by atoms with Crippen LogP contribution in [0.4, 0.5) is 5.95 Å². The molecule has 0 bridgehead atoms. The lowest BCUT2D eigenvalue weighted by atomic mass is 10.2. The molecule has 0 amide bonds. The third-order valence-corrected chi connectivity index (χ3v) is 3.34. The van der Waals surface area contributed by atoms with Crippen molar-refractivity contribution in [3.63, 3.8) is 0 Å². The van der Waals surface area contributed by atoms with Crippen LogP contribution in [-0.2, 0) is 0 Å². The van der Waals surface area contributed by atoms with E-state index in [2.05, 4.69) is 28.5 Å². The molecule has 0 aliphatic heterocycles. The summed E-state index contributed by atoms with van der Waals surface area (Å²) in [5.74, 6) is 2.59. The second kappa shape index (κ2) is 10.9. The van der Waals surface area contributed by atoms with Gasteiger partial charge in [0, 0.05) is 18.8 Å². The molecule has 1 aromatic heterocycles. The Kier molecular flexibility index (Phi) is 9.23. The zero-order valence-corrected chi connectivity index (χ0v) is 12.8. The molecule has 1 aromatic rings. The molecular weight excluding hydrogens is 258 g/mol. The van der Waals surface area contributed by atoms with E-state index in [4.69, 9.17) is 4.74 Å². The van der Waals surface area contributed by atoms with Crippen molar-refractivity contribution in [1.29, 1.82) is 0 Å². The van der Waals surface area contributed by atoms with Crippen molar-refractivity contribution >= 4 is 17.7 Å². The van der Waals surface area contributed by atoms with Crippen molar-refractivity contribution in [2.75, 3.05) is 30.5 Å². The quantitative estimate of drug-likeness (QED) is 0.629. The maximum atomic E-state index is 5.47. The molecule has 0 fully saturated rings. The van der Waals surface area contributed by atoms with Gasteiger partial charge in [-0.25, -0.2) is 4.98 Å². The van der Waals surface area contributed by atoms with E-state index in [9.17, 15) is 0 Å². The number of hydrogen-bond acceptors (Lipinski definition) is 5. The zero-order valence-electron chi connectivity index (χ0n) is 12.0. The third kappa shape index (κ3) is 7.93. The van der Waals surface area contributed by atoms with Gasteiger partial charge in [0.1, 0.15) is 0 Å². The third-order valence-electron chi connectivity index (χ3n) is 2.64. The largest absolute Gasteiger partial charge is 0.478 e. The summed E-state index contributed by atoms with van der Waals surface area (Å²) in [5.41, 5.74) is 0. The van der Waals surface area contributed by atoms with Crippen LogP contribution in [0.25, 0.3) is 0 Å². The summed E-state index contributed by atoms with van der Waals surface area (Å²) in [6.45, 7) is 3.71. The van der Waals surface area contributed by atoms with Crippen LogP contribution in [-0.4, -0.2) is 35.1 Å². The van der Waals surface area contributed by atoms with E-state index in [-0.39, 0.29) is 0 Å². The summed E-state index contributed by atoms with van der Waals surface area (Å²) in [6.07, 6.45) is 9.94. The number of unbranched alkanes of at least 4 members (excludes halogenated alkanes) is 3. The van der Waals surface area contributed by atoms with Gasteiger partial charge in [-0.05, 0) is 31.3 Å². The molecule has 0 unspecified atom stereocenters. The molecule has 1 rings (SSSR count). The molecular formula is C14H25N3OS. The standard InChI is InChI=1S/C14H25N3OS/c1-3-11-18-13-8-10-16-14(17-13)15-9-6-4-5-7-12-19-2/h8,10H,3-7,9,11-12H2,1-2H3,(H,15,16,17). The van der Waals surface area contributed by atoms with E-state index in [1.165, 1.54) is 25.0 Å². The predicted molar refractivity (Wildman–Crippen MR) is 83.2 cm³/mol. The highest BCUT2D eigenvalue weighted by Gasteiger charge is 1.99. The highest BCUT2D eigenvalue weighted by atomic mass is 32.2. The second-order valence-corrected chi connectivity index (χ2v) is 5.39. The summed E-state index contributed by atoms with van der Waals surface area (Å²) >= 11 is 1.92. The SMILES string of the molecule is CCCOc1ccnc(NCCCCCCSC)n1. The average molecular weight is 283 g/mol. The number of anilines is 1. The fraction of sp³-hybridized carbons (Fsp3) is 0.714. The first-order chi connectivity index (χ1) is 9.36. The summed E-state index contributed by atoms with van der Waals surface area (Å²) < 4.78 is 5.47. The Labute approximate surface area is 120 Å². The van der Waals surface area contributed by atoms with Crippen molar-refractivity contribution < 1.29 is 4.74 Å². The van der Waals surface area contributed by atoms with Gasteiger partial charge in [0.15, 0.2) is 0 Å². The Bertz CT molecular complexity index is 336. The van der Waals surface area contributed by atoms with Crippen molar-refractivity contribution in [1.82, 2.24) is 9.97 Å². The second-order valence-electron chi connectivity index (χ2n) is 4.40. The first kappa shape index (κ1) is 16.1. The van der Waals surface area contributed by atoms with Crippen LogP contribution in [0.5, 0.6) is 5.88 Å². The lowest BCUT2D eigenvalue weighted by molar-refractivity contribution is 0.305. The molecule has 0 aliphatic carbocycles. The molecule has 19 heavy (non-hydrogen) atoms. The Balaban J connectivity index is 2.14. The fourth-order valence-corrected chi connectivity index (χ4v) is 2.13. The maximum absolute atomic E-state index is 5.47. The predicted octanol–water partition coefficient (Wildman–Crippen LogP) is 3.60. The topological polar surface area (TPSA) is 47.0 Å². The van der Waals surface area contributed by atoms with E-state index >= 15 is 0 Å². The molecule has 0 radical (unpaired) electrons. The Hall–Kier alpha value is -0.970. The summed E-state index contributed by atoms with van der Waals surface area (Å²) in [7, 11) is 0. The van der Waals surface area contributed by atoms with E-state index in [0.717, 1.165) is 19.4 Å². The van der Waals surface area contributed by atoms with Gasteiger partial charge in [-0.3, -0.25) is 0 Å². The average Bonchev–Trinajstić information content (AvgIpc) is 2.44. The number of rotatable bonds is 11. The van der Waals surface area contributed by atoms with Gasteiger partial charge in [0.2, 0.25) is 11.8 Å². The smallest absolute Gasteiger partial charge is 0.225 e. The van der Waals surface area contributed by atoms with Gasteiger partial charge in [0.25, 0.3) is 0 Å². The first-order valence-electron chi connectivity index (χ1n) is 7.05. The Morgan fingerprint density at radius 2 is 2.11 bits per heavy atom. The van der Waals surface area contributed by atoms with Crippen molar-refractivity contribution in [2.45, 2.75) is 39.0 Å². The van der Waals surface area contributed by atoms with Crippen molar-refractivity contribution in [3.05, 3.63) is 12.3 Å². The van der Waals surface area contributed by atoms with Gasteiger partial charge in [-0.1, -0.05) is 19.8 Å². The van der Waals surface area contributed by atoms with Crippen LogP contribution in [0, 0.1) is 0 Å². The monoisotopic (exact) mass is 283 g/mol. The lowest BCUT2D eigenvalue weighted by Gasteiger charge is -2.07. The molecule has 0 saturated heterocycles. The van der Waals surface area contributed by atoms with Crippen molar-refractivity contribution in [3.8, 4) is 5.88 Å². The normalized spacial score (nSPS) is 10.4. The molecule has 0 spiro atoms. The minimum Gasteiger partial charge on any atom is -0.478 e. The van der Waals surface area contributed by atoms with E-state index in [1.807, 2.05) is 11.8 Å². The molecule has 0 atom stereocenters. The van der Waals surface area contributed by atoms with Crippen LogP contribution < -0.4 is 10.1 Å². The molecule has 0 saturated carbocycles. The van der Waals surface area contributed by atoms with Gasteiger partial charge in [-0.2, -0.15) is 16.7 Å². The van der Waals surface area contributed by atoms with Crippen LogP contribution in [0.1, 0.15) is 39.0 Å². The van der Waals surface area contributed by atoms with E-state index in [0.29, 0.717) is 18.4 Å². The van der Waals surface area contributed by atoms with Gasteiger partial charge in [0.05, 0.1) is 6.61 Å². The van der Waals surface area contributed by atoms with Crippen molar-refractivity contribution in [2.24, 2.45) is 0 Å². The minimum absolute atomic E-state index is 0.652. The molecule has 0 aromatic carbocycles.